The van der Waals surface area contributed by atoms with Crippen molar-refractivity contribution in [1.82, 2.24) is 4.90 Å². The lowest BCUT2D eigenvalue weighted by atomic mass is 9.98. The van der Waals surface area contributed by atoms with E-state index in [2.05, 4.69) is 0 Å². The number of likely N-dealkylation sites (tertiary alicyclic amines) is 1. The SMILES string of the molecule is CC1CCCN(Cc2cc(F)ccc2C#N)C1=O. The molecule has 1 saturated heterocycles. The van der Waals surface area contributed by atoms with Crippen molar-refractivity contribution in [3.63, 3.8) is 0 Å². The van der Waals surface area contributed by atoms with Crippen molar-refractivity contribution in [2.45, 2.75) is 26.3 Å². The van der Waals surface area contributed by atoms with E-state index < -0.39 is 0 Å². The summed E-state index contributed by atoms with van der Waals surface area (Å²) in [5.41, 5.74) is 1.02. The highest BCUT2D eigenvalue weighted by Gasteiger charge is 2.25. The molecule has 1 heterocycles. The number of rotatable bonds is 2. The maximum absolute atomic E-state index is 13.2. The molecular weight excluding hydrogens is 231 g/mol. The maximum Gasteiger partial charge on any atom is 0.225 e. The molecule has 1 amide bonds. The van der Waals surface area contributed by atoms with Crippen LogP contribution in [0.1, 0.15) is 30.9 Å². The van der Waals surface area contributed by atoms with Gasteiger partial charge in [-0.1, -0.05) is 6.92 Å². The Labute approximate surface area is 106 Å². The highest BCUT2D eigenvalue weighted by atomic mass is 19.1. The predicted molar refractivity (Wildman–Crippen MR) is 64.9 cm³/mol. The van der Waals surface area contributed by atoms with Crippen molar-refractivity contribution in [1.29, 1.82) is 5.26 Å². The molecule has 0 spiro atoms. The van der Waals surface area contributed by atoms with Crippen LogP contribution in [0.3, 0.4) is 0 Å². The molecule has 18 heavy (non-hydrogen) atoms. The fraction of sp³-hybridized carbons (Fsp3) is 0.429. The molecule has 1 aliphatic heterocycles. The van der Waals surface area contributed by atoms with Crippen molar-refractivity contribution in [3.05, 3.63) is 35.1 Å². The van der Waals surface area contributed by atoms with E-state index in [0.717, 1.165) is 12.8 Å². The summed E-state index contributed by atoms with van der Waals surface area (Å²) in [6.07, 6.45) is 1.87. The zero-order valence-corrected chi connectivity index (χ0v) is 10.3. The number of halogens is 1. The monoisotopic (exact) mass is 246 g/mol. The van der Waals surface area contributed by atoms with E-state index in [1.165, 1.54) is 18.2 Å². The lowest BCUT2D eigenvalue weighted by molar-refractivity contribution is -0.138. The lowest BCUT2D eigenvalue weighted by Gasteiger charge is -2.30. The molecule has 1 aliphatic rings. The summed E-state index contributed by atoms with van der Waals surface area (Å²) in [6.45, 7) is 2.92. The first kappa shape index (κ1) is 12.6. The van der Waals surface area contributed by atoms with Crippen molar-refractivity contribution in [2.24, 2.45) is 5.92 Å². The van der Waals surface area contributed by atoms with E-state index >= 15 is 0 Å². The van der Waals surface area contributed by atoms with Crippen LogP contribution >= 0.6 is 0 Å². The second-order valence-corrected chi connectivity index (χ2v) is 4.72. The maximum atomic E-state index is 13.2. The van der Waals surface area contributed by atoms with Crippen LogP contribution in [0.25, 0.3) is 0 Å². The van der Waals surface area contributed by atoms with E-state index in [1.807, 2.05) is 13.0 Å². The van der Waals surface area contributed by atoms with Crippen molar-refractivity contribution in [3.8, 4) is 6.07 Å². The van der Waals surface area contributed by atoms with Crippen LogP contribution in [0.2, 0.25) is 0 Å². The Bertz CT molecular complexity index is 507. The summed E-state index contributed by atoms with van der Waals surface area (Å²) in [7, 11) is 0. The van der Waals surface area contributed by atoms with Crippen molar-refractivity contribution < 1.29 is 9.18 Å². The Morgan fingerprint density at radius 1 is 1.56 bits per heavy atom. The van der Waals surface area contributed by atoms with Gasteiger partial charge in [0.05, 0.1) is 11.6 Å². The summed E-state index contributed by atoms with van der Waals surface area (Å²) in [5, 5.41) is 8.98. The van der Waals surface area contributed by atoms with Crippen molar-refractivity contribution in [2.75, 3.05) is 6.54 Å². The number of piperidine rings is 1. The van der Waals surface area contributed by atoms with Crippen LogP contribution in [0.15, 0.2) is 18.2 Å². The standard InChI is InChI=1S/C14H15FN2O/c1-10-3-2-6-17(14(10)18)9-12-7-13(15)5-4-11(12)8-16/h4-5,7,10H,2-3,6,9H2,1H3. The van der Waals surface area contributed by atoms with E-state index in [0.29, 0.717) is 24.2 Å². The fourth-order valence-corrected chi connectivity index (χ4v) is 2.30. The molecule has 1 unspecified atom stereocenters. The topological polar surface area (TPSA) is 44.1 Å². The minimum Gasteiger partial charge on any atom is -0.338 e. The van der Waals surface area contributed by atoms with Gasteiger partial charge in [-0.05, 0) is 36.6 Å². The van der Waals surface area contributed by atoms with E-state index in [4.69, 9.17) is 5.26 Å². The second-order valence-electron chi connectivity index (χ2n) is 4.72. The third kappa shape index (κ3) is 2.51. The van der Waals surface area contributed by atoms with Crippen LogP contribution in [-0.2, 0) is 11.3 Å². The molecular formula is C14H15FN2O. The highest BCUT2D eigenvalue weighted by molar-refractivity contribution is 5.79. The molecule has 94 valence electrons. The number of benzene rings is 1. The lowest BCUT2D eigenvalue weighted by Crippen LogP contribution is -2.39. The van der Waals surface area contributed by atoms with Gasteiger partial charge in [0.2, 0.25) is 5.91 Å². The first-order chi connectivity index (χ1) is 8.61. The minimum absolute atomic E-state index is 0.0258. The number of carbonyl (C=O) groups excluding carboxylic acids is 1. The smallest absolute Gasteiger partial charge is 0.225 e. The molecule has 0 aromatic heterocycles. The van der Waals surface area contributed by atoms with Crippen LogP contribution < -0.4 is 0 Å². The van der Waals surface area contributed by atoms with Crippen LogP contribution in [0.4, 0.5) is 4.39 Å². The highest BCUT2D eigenvalue weighted by Crippen LogP contribution is 2.21. The average Bonchev–Trinajstić information content (AvgIpc) is 2.35. The van der Waals surface area contributed by atoms with Gasteiger partial charge >= 0.3 is 0 Å². The van der Waals surface area contributed by atoms with Gasteiger partial charge in [-0.2, -0.15) is 5.26 Å². The summed E-state index contributed by atoms with van der Waals surface area (Å²) < 4.78 is 13.2. The first-order valence-corrected chi connectivity index (χ1v) is 6.09. The quantitative estimate of drug-likeness (QED) is 0.804. The Morgan fingerprint density at radius 2 is 2.33 bits per heavy atom. The van der Waals surface area contributed by atoms with Gasteiger partial charge in [0, 0.05) is 19.0 Å². The second kappa shape index (κ2) is 5.18. The van der Waals surface area contributed by atoms with Gasteiger partial charge < -0.3 is 4.90 Å². The van der Waals surface area contributed by atoms with Gasteiger partial charge in [-0.25, -0.2) is 4.39 Å². The average molecular weight is 246 g/mol. The van der Waals surface area contributed by atoms with Gasteiger partial charge in [0.15, 0.2) is 0 Å². The summed E-state index contributed by atoms with van der Waals surface area (Å²) >= 11 is 0. The zero-order chi connectivity index (χ0) is 13.1. The minimum atomic E-state index is -0.374. The van der Waals surface area contributed by atoms with Gasteiger partial charge in [0.1, 0.15) is 5.82 Å². The fourth-order valence-electron chi connectivity index (χ4n) is 2.30. The number of carbonyl (C=O) groups is 1. The molecule has 0 aliphatic carbocycles. The molecule has 0 saturated carbocycles. The zero-order valence-electron chi connectivity index (χ0n) is 10.3. The molecule has 0 bridgehead atoms. The Hall–Kier alpha value is -1.89. The molecule has 0 N–H and O–H groups in total. The third-order valence-electron chi connectivity index (χ3n) is 3.35. The Kier molecular flexibility index (Phi) is 3.61. The Morgan fingerprint density at radius 3 is 3.06 bits per heavy atom. The molecule has 0 radical (unpaired) electrons. The molecule has 4 heteroatoms. The predicted octanol–water partition coefficient (Wildman–Crippen LogP) is 2.46. The number of nitrogens with zero attached hydrogens (tertiary/aromatic N) is 2. The number of nitriles is 1. The summed E-state index contributed by atoms with van der Waals surface area (Å²) in [4.78, 5) is 13.7. The van der Waals surface area contributed by atoms with Crippen molar-refractivity contribution >= 4 is 5.91 Å². The van der Waals surface area contributed by atoms with Gasteiger partial charge in [-0.15, -0.1) is 0 Å². The normalized spacial score (nSPS) is 19.7. The molecule has 1 aromatic carbocycles. The van der Waals surface area contributed by atoms with E-state index in [-0.39, 0.29) is 17.6 Å². The largest absolute Gasteiger partial charge is 0.338 e. The molecule has 1 atom stereocenters. The third-order valence-corrected chi connectivity index (χ3v) is 3.35. The first-order valence-electron chi connectivity index (χ1n) is 6.09. The number of amides is 1. The van der Waals surface area contributed by atoms with Crippen LogP contribution in [-0.4, -0.2) is 17.4 Å². The molecule has 1 aromatic rings. The molecule has 1 fully saturated rings. The van der Waals surface area contributed by atoms with E-state index in [1.54, 1.807) is 4.90 Å². The summed E-state index contributed by atoms with van der Waals surface area (Å²) in [6, 6.07) is 6.10. The van der Waals surface area contributed by atoms with Gasteiger partial charge in [0.25, 0.3) is 0 Å². The Balaban J connectivity index is 2.21. The molecule has 2 rings (SSSR count). The summed E-state index contributed by atoms with van der Waals surface area (Å²) in [5.74, 6) is -0.256. The number of hydrogen-bond acceptors (Lipinski definition) is 2. The number of hydrogen-bond donors (Lipinski definition) is 0. The van der Waals surface area contributed by atoms with Crippen LogP contribution in [0, 0.1) is 23.1 Å². The van der Waals surface area contributed by atoms with Gasteiger partial charge in [-0.3, -0.25) is 4.79 Å². The van der Waals surface area contributed by atoms with Crippen LogP contribution in [0.5, 0.6) is 0 Å². The molecule has 3 nitrogen and oxygen atoms in total. The van der Waals surface area contributed by atoms with E-state index in [9.17, 15) is 9.18 Å².